The van der Waals surface area contributed by atoms with Gasteiger partial charge in [0.05, 0.1) is 22.3 Å². The van der Waals surface area contributed by atoms with Crippen LogP contribution in [-0.4, -0.2) is 34.1 Å². The zero-order valence-corrected chi connectivity index (χ0v) is 16.8. The Morgan fingerprint density at radius 2 is 1.06 bits per heavy atom. The number of non-ortho nitro benzene ring substituents is 2. The van der Waals surface area contributed by atoms with Gasteiger partial charge in [0.25, 0.3) is 11.4 Å². The van der Waals surface area contributed by atoms with E-state index in [1.54, 1.807) is 0 Å². The Labute approximate surface area is 182 Å². The Morgan fingerprint density at radius 1 is 0.719 bits per heavy atom. The molecule has 0 aliphatic rings. The molecule has 0 heterocycles. The summed E-state index contributed by atoms with van der Waals surface area (Å²) in [6.45, 7) is 0. The highest BCUT2D eigenvalue weighted by molar-refractivity contribution is 5.83. The molecule has 0 saturated carbocycles. The van der Waals surface area contributed by atoms with Crippen molar-refractivity contribution in [1.29, 1.82) is 0 Å². The highest BCUT2D eigenvalue weighted by atomic mass is 16.6. The summed E-state index contributed by atoms with van der Waals surface area (Å²) in [6.07, 6.45) is 4.04. The van der Waals surface area contributed by atoms with Gasteiger partial charge in [0.1, 0.15) is 0 Å². The lowest BCUT2D eigenvalue weighted by Crippen LogP contribution is -2.19. The summed E-state index contributed by atoms with van der Waals surface area (Å²) in [6, 6.07) is 11.4. The largest absolute Gasteiger partial charge is 0.273 e. The van der Waals surface area contributed by atoms with Crippen LogP contribution in [0.4, 0.5) is 11.4 Å². The fourth-order valence-electron chi connectivity index (χ4n) is 2.40. The summed E-state index contributed by atoms with van der Waals surface area (Å²) in [4.78, 5) is 43.6. The van der Waals surface area contributed by atoms with Crippen LogP contribution in [0.3, 0.4) is 0 Å². The maximum absolute atomic E-state index is 11.7. The van der Waals surface area contributed by atoms with Crippen LogP contribution in [0.25, 0.3) is 0 Å². The molecule has 2 N–H and O–H groups in total. The third-order valence-corrected chi connectivity index (χ3v) is 4.07. The molecule has 12 nitrogen and oxygen atoms in total. The molecule has 0 bridgehead atoms. The van der Waals surface area contributed by atoms with Gasteiger partial charge in [-0.25, -0.2) is 10.9 Å². The Bertz CT molecular complexity index is 934. The summed E-state index contributed by atoms with van der Waals surface area (Å²) in [5.74, 6) is -0.639. The molecule has 2 aromatic rings. The van der Waals surface area contributed by atoms with Crippen molar-refractivity contribution in [2.75, 3.05) is 0 Å². The molecule has 166 valence electrons. The first-order valence-electron chi connectivity index (χ1n) is 9.48. The number of hydrazone groups is 2. The topological polar surface area (TPSA) is 169 Å². The van der Waals surface area contributed by atoms with Crippen LogP contribution in [-0.2, 0) is 9.59 Å². The maximum atomic E-state index is 11.7. The van der Waals surface area contributed by atoms with E-state index >= 15 is 0 Å². The van der Waals surface area contributed by atoms with Crippen molar-refractivity contribution in [2.24, 2.45) is 10.2 Å². The minimum absolute atomic E-state index is 0.0349. The SMILES string of the molecule is O=C(CCCCC(=O)NN=Cc1ccc([N+](=O)[O-])cc1)NN=Cc1ccc([N+](=O)[O-])cc1. The number of carbonyl (C=O) groups is 2. The number of benzene rings is 2. The molecule has 0 unspecified atom stereocenters. The lowest BCUT2D eigenvalue weighted by atomic mass is 10.2. The molecule has 2 amide bonds. The van der Waals surface area contributed by atoms with Crippen molar-refractivity contribution >= 4 is 35.6 Å². The predicted molar refractivity (Wildman–Crippen MR) is 116 cm³/mol. The van der Waals surface area contributed by atoms with E-state index in [0.29, 0.717) is 24.0 Å². The van der Waals surface area contributed by atoms with Gasteiger partial charge in [-0.05, 0) is 48.2 Å². The molecule has 12 heteroatoms. The highest BCUT2D eigenvalue weighted by Gasteiger charge is 2.05. The summed E-state index contributed by atoms with van der Waals surface area (Å²) >= 11 is 0. The fraction of sp³-hybridized carbons (Fsp3) is 0.200. The molecule has 0 atom stereocenters. The van der Waals surface area contributed by atoms with Crippen LogP contribution in [0.2, 0.25) is 0 Å². The number of nitrogens with zero attached hydrogens (tertiary/aromatic N) is 4. The zero-order chi connectivity index (χ0) is 23.3. The van der Waals surface area contributed by atoms with Gasteiger partial charge in [-0.3, -0.25) is 29.8 Å². The Kier molecular flexibility index (Phi) is 9.12. The molecular formula is C20H20N6O6. The van der Waals surface area contributed by atoms with Gasteiger partial charge >= 0.3 is 0 Å². The number of unbranched alkanes of at least 4 members (excludes halogenated alkanes) is 1. The predicted octanol–water partition coefficient (Wildman–Crippen LogP) is 2.66. The monoisotopic (exact) mass is 440 g/mol. The zero-order valence-electron chi connectivity index (χ0n) is 16.8. The van der Waals surface area contributed by atoms with Crippen LogP contribution in [0.15, 0.2) is 58.7 Å². The summed E-state index contributed by atoms with van der Waals surface area (Å²) in [5.41, 5.74) is 5.83. The highest BCUT2D eigenvalue weighted by Crippen LogP contribution is 2.11. The lowest BCUT2D eigenvalue weighted by Gasteiger charge is -2.01. The minimum atomic E-state index is -0.506. The number of amides is 2. The molecule has 0 aromatic heterocycles. The van der Waals surface area contributed by atoms with Crippen molar-refractivity contribution in [2.45, 2.75) is 25.7 Å². The number of nitro groups is 2. The van der Waals surface area contributed by atoms with E-state index in [1.165, 1.54) is 61.0 Å². The third kappa shape index (κ3) is 8.49. The second-order valence-electron chi connectivity index (χ2n) is 6.49. The number of nitrogens with one attached hydrogen (secondary N) is 2. The molecule has 32 heavy (non-hydrogen) atoms. The molecule has 2 aromatic carbocycles. The summed E-state index contributed by atoms with van der Waals surface area (Å²) < 4.78 is 0. The Morgan fingerprint density at radius 3 is 1.38 bits per heavy atom. The van der Waals surface area contributed by atoms with E-state index in [1.807, 2.05) is 0 Å². The van der Waals surface area contributed by atoms with E-state index < -0.39 is 9.85 Å². The van der Waals surface area contributed by atoms with Crippen LogP contribution in [0.1, 0.15) is 36.8 Å². The van der Waals surface area contributed by atoms with Crippen molar-refractivity contribution < 1.29 is 19.4 Å². The average molecular weight is 440 g/mol. The van der Waals surface area contributed by atoms with E-state index in [9.17, 15) is 29.8 Å². The molecule has 0 aliphatic heterocycles. The van der Waals surface area contributed by atoms with Crippen LogP contribution in [0, 0.1) is 20.2 Å². The molecule has 0 radical (unpaired) electrons. The average Bonchev–Trinajstić information content (AvgIpc) is 2.77. The number of carbonyl (C=O) groups excluding carboxylic acids is 2. The summed E-state index contributed by atoms with van der Waals surface area (Å²) in [5, 5.41) is 28.7. The van der Waals surface area contributed by atoms with E-state index in [0.717, 1.165) is 0 Å². The maximum Gasteiger partial charge on any atom is 0.269 e. The van der Waals surface area contributed by atoms with Gasteiger partial charge in [-0.2, -0.15) is 10.2 Å². The molecule has 2 rings (SSSR count). The van der Waals surface area contributed by atoms with Gasteiger partial charge < -0.3 is 0 Å². The van der Waals surface area contributed by atoms with Gasteiger partial charge in [-0.1, -0.05) is 0 Å². The van der Waals surface area contributed by atoms with Crippen molar-refractivity contribution in [3.63, 3.8) is 0 Å². The Balaban J connectivity index is 1.60. The standard InChI is InChI=1S/C20H20N6O6/c27-19(23-21-13-15-5-9-17(10-6-15)25(29)30)3-1-2-4-20(28)24-22-14-16-7-11-18(12-8-16)26(31)32/h5-14H,1-4H2,(H,23,27)(H,24,28). The van der Waals surface area contributed by atoms with Crippen LogP contribution < -0.4 is 10.9 Å². The number of hydrogen-bond acceptors (Lipinski definition) is 8. The van der Waals surface area contributed by atoms with E-state index in [-0.39, 0.29) is 36.0 Å². The second-order valence-corrected chi connectivity index (χ2v) is 6.49. The third-order valence-electron chi connectivity index (χ3n) is 4.07. The minimum Gasteiger partial charge on any atom is -0.273 e. The number of nitro benzene ring substituents is 2. The number of rotatable bonds is 11. The first-order valence-corrected chi connectivity index (χ1v) is 9.48. The van der Waals surface area contributed by atoms with Crippen molar-refractivity contribution in [3.8, 4) is 0 Å². The van der Waals surface area contributed by atoms with Gasteiger partial charge in [0.15, 0.2) is 0 Å². The summed E-state index contributed by atoms with van der Waals surface area (Å²) in [7, 11) is 0. The smallest absolute Gasteiger partial charge is 0.269 e. The first-order chi connectivity index (χ1) is 15.3. The van der Waals surface area contributed by atoms with E-state index in [2.05, 4.69) is 21.1 Å². The van der Waals surface area contributed by atoms with E-state index in [4.69, 9.17) is 0 Å². The molecule has 0 aliphatic carbocycles. The molecule has 0 fully saturated rings. The quantitative estimate of drug-likeness (QED) is 0.235. The van der Waals surface area contributed by atoms with Gasteiger partial charge in [0.2, 0.25) is 11.8 Å². The van der Waals surface area contributed by atoms with Crippen LogP contribution >= 0.6 is 0 Å². The molecule has 0 saturated heterocycles. The fourth-order valence-corrected chi connectivity index (χ4v) is 2.40. The second kappa shape index (κ2) is 12.3. The lowest BCUT2D eigenvalue weighted by molar-refractivity contribution is -0.385. The first kappa shape index (κ1) is 23.8. The normalized spacial score (nSPS) is 10.9. The Hall–Kier alpha value is -4.48. The van der Waals surface area contributed by atoms with Gasteiger partial charge in [-0.15, -0.1) is 0 Å². The molecular weight excluding hydrogens is 420 g/mol. The van der Waals surface area contributed by atoms with Gasteiger partial charge in [0, 0.05) is 37.1 Å². The van der Waals surface area contributed by atoms with Crippen molar-refractivity contribution in [3.05, 3.63) is 79.9 Å². The number of hydrogen-bond donors (Lipinski definition) is 2. The molecule has 0 spiro atoms. The van der Waals surface area contributed by atoms with Crippen LogP contribution in [0.5, 0.6) is 0 Å². The van der Waals surface area contributed by atoms with Crippen molar-refractivity contribution in [1.82, 2.24) is 10.9 Å².